The molecule has 1 aliphatic rings. The average Bonchev–Trinajstić information content (AvgIpc) is 3.07. The highest BCUT2D eigenvalue weighted by Gasteiger charge is 2.45. The molecule has 0 bridgehead atoms. The van der Waals surface area contributed by atoms with Crippen LogP contribution in [0.4, 0.5) is 0 Å². The van der Waals surface area contributed by atoms with Gasteiger partial charge in [-0.15, -0.1) is 11.3 Å². The fourth-order valence-corrected chi connectivity index (χ4v) is 3.42. The van der Waals surface area contributed by atoms with Crippen LogP contribution in [0.1, 0.15) is 36.4 Å². The molecule has 20 heavy (non-hydrogen) atoms. The molecule has 0 aliphatic heterocycles. The van der Waals surface area contributed by atoms with Crippen LogP contribution in [0, 0.1) is 12.3 Å². The predicted octanol–water partition coefficient (Wildman–Crippen LogP) is 1.42. The number of aryl methyl sites for hydroxylation is 1. The molecule has 1 aromatic heterocycles. The molecule has 0 unspecified atom stereocenters. The van der Waals surface area contributed by atoms with Crippen molar-refractivity contribution in [3.63, 3.8) is 0 Å². The summed E-state index contributed by atoms with van der Waals surface area (Å²) < 4.78 is 0. The lowest BCUT2D eigenvalue weighted by Gasteiger charge is -2.25. The van der Waals surface area contributed by atoms with E-state index >= 15 is 0 Å². The third-order valence-corrected chi connectivity index (χ3v) is 4.81. The second-order valence-corrected chi connectivity index (χ2v) is 6.11. The Bertz CT molecular complexity index is 506. The van der Waals surface area contributed by atoms with Gasteiger partial charge in [0.05, 0.1) is 5.01 Å². The minimum absolute atomic E-state index is 0.0255. The Morgan fingerprint density at radius 1 is 1.60 bits per heavy atom. The number of thiazole rings is 1. The van der Waals surface area contributed by atoms with Gasteiger partial charge >= 0.3 is 0 Å². The lowest BCUT2D eigenvalue weighted by atomic mass is 9.84. The van der Waals surface area contributed by atoms with Crippen molar-refractivity contribution in [1.29, 1.82) is 0 Å². The standard InChI is InChI=1S/C13H20N4O2S/c1-9-8-20-10(16-9)4-7-15-12(18)13(11(14)17-19)5-2-3-6-13/h8,19H,2-7H2,1H3,(H2,14,17)(H,15,18). The highest BCUT2D eigenvalue weighted by atomic mass is 32.1. The van der Waals surface area contributed by atoms with Crippen LogP contribution in [0.2, 0.25) is 0 Å². The van der Waals surface area contributed by atoms with Crippen molar-refractivity contribution in [3.8, 4) is 0 Å². The normalized spacial score (nSPS) is 18.1. The van der Waals surface area contributed by atoms with Gasteiger partial charge in [-0.3, -0.25) is 4.79 Å². The van der Waals surface area contributed by atoms with Gasteiger partial charge < -0.3 is 16.3 Å². The molecule has 1 amide bonds. The zero-order valence-corrected chi connectivity index (χ0v) is 12.4. The van der Waals surface area contributed by atoms with Crippen LogP contribution >= 0.6 is 11.3 Å². The summed E-state index contributed by atoms with van der Waals surface area (Å²) in [6.45, 7) is 2.47. The Morgan fingerprint density at radius 3 is 2.85 bits per heavy atom. The van der Waals surface area contributed by atoms with Crippen molar-refractivity contribution in [1.82, 2.24) is 10.3 Å². The first-order valence-electron chi connectivity index (χ1n) is 6.76. The summed E-state index contributed by atoms with van der Waals surface area (Å²) in [6.07, 6.45) is 3.84. The summed E-state index contributed by atoms with van der Waals surface area (Å²) in [5.74, 6) is -0.115. The van der Waals surface area contributed by atoms with Crippen molar-refractivity contribution < 1.29 is 10.0 Å². The highest BCUT2D eigenvalue weighted by Crippen LogP contribution is 2.38. The van der Waals surface area contributed by atoms with Crippen molar-refractivity contribution in [2.75, 3.05) is 6.54 Å². The minimum Gasteiger partial charge on any atom is -0.409 e. The summed E-state index contributed by atoms with van der Waals surface area (Å²) >= 11 is 1.59. The molecular weight excluding hydrogens is 276 g/mol. The molecule has 0 saturated heterocycles. The fourth-order valence-electron chi connectivity index (χ4n) is 2.64. The van der Waals surface area contributed by atoms with E-state index in [0.717, 1.165) is 23.5 Å². The molecule has 1 heterocycles. The molecule has 0 atom stereocenters. The van der Waals surface area contributed by atoms with Crippen LogP contribution in [0.15, 0.2) is 10.5 Å². The van der Waals surface area contributed by atoms with E-state index in [4.69, 9.17) is 10.9 Å². The van der Waals surface area contributed by atoms with Crippen LogP contribution in [-0.2, 0) is 11.2 Å². The van der Waals surface area contributed by atoms with E-state index in [9.17, 15) is 4.79 Å². The number of oxime groups is 1. The summed E-state index contributed by atoms with van der Waals surface area (Å²) in [6, 6.07) is 0. The molecule has 0 aromatic carbocycles. The highest BCUT2D eigenvalue weighted by molar-refractivity contribution is 7.09. The van der Waals surface area contributed by atoms with Crippen molar-refractivity contribution in [2.45, 2.75) is 39.0 Å². The van der Waals surface area contributed by atoms with Crippen LogP contribution in [0.25, 0.3) is 0 Å². The fraction of sp³-hybridized carbons (Fsp3) is 0.615. The van der Waals surface area contributed by atoms with Gasteiger partial charge in [0.15, 0.2) is 5.84 Å². The summed E-state index contributed by atoms with van der Waals surface area (Å²) in [5, 5.41) is 17.8. The number of nitrogens with zero attached hydrogens (tertiary/aromatic N) is 2. The van der Waals surface area contributed by atoms with E-state index in [0.29, 0.717) is 25.8 Å². The second kappa shape index (κ2) is 6.21. The molecule has 1 fully saturated rings. The average molecular weight is 296 g/mol. The molecular formula is C13H20N4O2S. The van der Waals surface area contributed by atoms with E-state index in [2.05, 4.69) is 15.5 Å². The number of nitrogens with one attached hydrogen (secondary N) is 1. The van der Waals surface area contributed by atoms with E-state index in [1.165, 1.54) is 0 Å². The van der Waals surface area contributed by atoms with Gasteiger partial charge in [0.25, 0.3) is 0 Å². The zero-order valence-electron chi connectivity index (χ0n) is 11.6. The number of hydrogen-bond donors (Lipinski definition) is 3. The molecule has 2 rings (SSSR count). The Morgan fingerprint density at radius 2 is 2.30 bits per heavy atom. The Kier molecular flexibility index (Phi) is 4.59. The van der Waals surface area contributed by atoms with Gasteiger partial charge in [0.2, 0.25) is 5.91 Å². The number of hydrogen-bond acceptors (Lipinski definition) is 5. The molecule has 4 N–H and O–H groups in total. The van der Waals surface area contributed by atoms with Crippen LogP contribution in [-0.4, -0.2) is 28.5 Å². The third-order valence-electron chi connectivity index (χ3n) is 3.78. The van der Waals surface area contributed by atoms with E-state index in [1.54, 1.807) is 11.3 Å². The number of rotatable bonds is 5. The first kappa shape index (κ1) is 14.8. The smallest absolute Gasteiger partial charge is 0.233 e. The Hall–Kier alpha value is -1.63. The number of nitrogens with two attached hydrogens (primary N) is 1. The van der Waals surface area contributed by atoms with Crippen molar-refractivity contribution >= 4 is 23.1 Å². The van der Waals surface area contributed by atoms with Crippen molar-refractivity contribution in [2.24, 2.45) is 16.3 Å². The maximum atomic E-state index is 12.4. The number of carbonyl (C=O) groups is 1. The van der Waals surface area contributed by atoms with Gasteiger partial charge in [0, 0.05) is 24.0 Å². The van der Waals surface area contributed by atoms with Gasteiger partial charge in [-0.2, -0.15) is 0 Å². The molecule has 1 saturated carbocycles. The summed E-state index contributed by atoms with van der Waals surface area (Å²) in [5.41, 5.74) is 5.90. The van der Waals surface area contributed by atoms with Gasteiger partial charge in [0.1, 0.15) is 5.41 Å². The van der Waals surface area contributed by atoms with E-state index < -0.39 is 5.41 Å². The quantitative estimate of drug-likeness (QED) is 0.331. The maximum absolute atomic E-state index is 12.4. The van der Waals surface area contributed by atoms with Gasteiger partial charge in [-0.1, -0.05) is 18.0 Å². The molecule has 110 valence electrons. The Labute approximate surface area is 122 Å². The lowest BCUT2D eigenvalue weighted by Crippen LogP contribution is -2.48. The van der Waals surface area contributed by atoms with Crippen LogP contribution in [0.5, 0.6) is 0 Å². The molecule has 1 aliphatic carbocycles. The summed E-state index contributed by atoms with van der Waals surface area (Å²) in [4.78, 5) is 16.7. The predicted molar refractivity (Wildman–Crippen MR) is 77.9 cm³/mol. The number of amides is 1. The van der Waals surface area contributed by atoms with Gasteiger partial charge in [-0.05, 0) is 19.8 Å². The molecule has 7 heteroatoms. The maximum Gasteiger partial charge on any atom is 0.233 e. The molecule has 0 radical (unpaired) electrons. The van der Waals surface area contributed by atoms with Gasteiger partial charge in [-0.25, -0.2) is 4.98 Å². The molecule has 6 nitrogen and oxygen atoms in total. The van der Waals surface area contributed by atoms with Crippen LogP contribution < -0.4 is 11.1 Å². The lowest BCUT2D eigenvalue weighted by molar-refractivity contribution is -0.127. The first-order valence-corrected chi connectivity index (χ1v) is 7.64. The Balaban J connectivity index is 1.93. The van der Waals surface area contributed by atoms with Crippen molar-refractivity contribution in [3.05, 3.63) is 16.1 Å². The van der Waals surface area contributed by atoms with Crippen LogP contribution in [0.3, 0.4) is 0 Å². The number of carbonyl (C=O) groups excluding carboxylic acids is 1. The topological polar surface area (TPSA) is 101 Å². The largest absolute Gasteiger partial charge is 0.409 e. The zero-order chi connectivity index (χ0) is 14.6. The van der Waals surface area contributed by atoms with E-state index in [1.807, 2.05) is 12.3 Å². The monoisotopic (exact) mass is 296 g/mol. The molecule has 1 aromatic rings. The first-order chi connectivity index (χ1) is 9.58. The number of aromatic nitrogens is 1. The SMILES string of the molecule is Cc1csc(CCNC(=O)C2(C(N)=NO)CCCC2)n1. The second-order valence-electron chi connectivity index (χ2n) is 5.16. The number of amidine groups is 1. The van der Waals surface area contributed by atoms with E-state index in [-0.39, 0.29) is 11.7 Å². The summed E-state index contributed by atoms with van der Waals surface area (Å²) in [7, 11) is 0. The minimum atomic E-state index is -0.826. The third kappa shape index (κ3) is 2.92. The molecule has 0 spiro atoms.